The van der Waals surface area contributed by atoms with Crippen LogP contribution in [0.3, 0.4) is 0 Å². The van der Waals surface area contributed by atoms with Crippen LogP contribution in [0.15, 0.2) is 18.2 Å². The van der Waals surface area contributed by atoms with Crippen molar-refractivity contribution < 1.29 is 4.74 Å². The van der Waals surface area contributed by atoms with E-state index < -0.39 is 0 Å². The molecule has 0 fully saturated rings. The summed E-state index contributed by atoms with van der Waals surface area (Å²) in [7, 11) is 2.08. The van der Waals surface area contributed by atoms with Gasteiger partial charge in [-0.1, -0.05) is 39.0 Å². The van der Waals surface area contributed by atoms with E-state index in [9.17, 15) is 0 Å². The van der Waals surface area contributed by atoms with Gasteiger partial charge in [-0.25, -0.2) is 0 Å². The average molecular weight is 205 g/mol. The summed E-state index contributed by atoms with van der Waals surface area (Å²) in [5.74, 6) is 1.10. The summed E-state index contributed by atoms with van der Waals surface area (Å²) in [5, 5.41) is 0. The molecule has 0 saturated carbocycles. The van der Waals surface area contributed by atoms with Crippen LogP contribution in [-0.2, 0) is 12.0 Å². The van der Waals surface area contributed by atoms with E-state index in [0.29, 0.717) is 6.73 Å². The Morgan fingerprint density at radius 2 is 2.00 bits per heavy atom. The highest BCUT2D eigenvalue weighted by molar-refractivity contribution is 5.45. The fourth-order valence-corrected chi connectivity index (χ4v) is 1.98. The molecule has 0 spiro atoms. The molecule has 15 heavy (non-hydrogen) atoms. The molecule has 0 aromatic heterocycles. The lowest BCUT2D eigenvalue weighted by molar-refractivity contribution is 0.119. The molecule has 2 nitrogen and oxygen atoms in total. The Balaban J connectivity index is 2.47. The molecule has 0 unspecified atom stereocenters. The van der Waals surface area contributed by atoms with Gasteiger partial charge in [-0.05, 0) is 18.0 Å². The van der Waals surface area contributed by atoms with E-state index in [2.05, 4.69) is 50.9 Å². The molecule has 82 valence electrons. The minimum Gasteiger partial charge on any atom is -0.477 e. The lowest BCUT2D eigenvalue weighted by Gasteiger charge is -2.31. The standard InChI is InChI=1S/C13H19NO/c1-13(2,3)11-7-5-6-10-8-14(4)9-15-12(10)11/h5-7H,8-9H2,1-4H3. The van der Waals surface area contributed by atoms with Crippen molar-refractivity contribution >= 4 is 0 Å². The lowest BCUT2D eigenvalue weighted by atomic mass is 9.85. The van der Waals surface area contributed by atoms with E-state index in [1.165, 1.54) is 11.1 Å². The van der Waals surface area contributed by atoms with Gasteiger partial charge in [-0.2, -0.15) is 0 Å². The Kier molecular flexibility index (Phi) is 2.47. The van der Waals surface area contributed by atoms with Gasteiger partial charge in [0.2, 0.25) is 0 Å². The number of nitrogens with zero attached hydrogens (tertiary/aromatic N) is 1. The zero-order valence-corrected chi connectivity index (χ0v) is 10.0. The topological polar surface area (TPSA) is 12.5 Å². The van der Waals surface area contributed by atoms with E-state index in [-0.39, 0.29) is 5.41 Å². The Morgan fingerprint density at radius 1 is 1.27 bits per heavy atom. The van der Waals surface area contributed by atoms with Gasteiger partial charge in [0.25, 0.3) is 0 Å². The maximum atomic E-state index is 5.82. The van der Waals surface area contributed by atoms with Gasteiger partial charge in [0.1, 0.15) is 12.5 Å². The van der Waals surface area contributed by atoms with Crippen molar-refractivity contribution in [2.24, 2.45) is 0 Å². The number of ether oxygens (including phenoxy) is 1. The molecule has 1 aliphatic heterocycles. The van der Waals surface area contributed by atoms with Gasteiger partial charge in [-0.15, -0.1) is 0 Å². The number of para-hydroxylation sites is 1. The number of benzene rings is 1. The van der Waals surface area contributed by atoms with E-state index in [1.54, 1.807) is 0 Å². The largest absolute Gasteiger partial charge is 0.477 e. The maximum absolute atomic E-state index is 5.82. The molecule has 0 bridgehead atoms. The molecular formula is C13H19NO. The minimum atomic E-state index is 0.154. The lowest BCUT2D eigenvalue weighted by Crippen LogP contribution is -2.30. The van der Waals surface area contributed by atoms with Crippen molar-refractivity contribution in [3.8, 4) is 5.75 Å². The molecule has 1 heterocycles. The summed E-state index contributed by atoms with van der Waals surface area (Å²) in [6.45, 7) is 8.36. The molecule has 0 amide bonds. The van der Waals surface area contributed by atoms with Crippen molar-refractivity contribution in [1.82, 2.24) is 4.90 Å². The number of hydrogen-bond acceptors (Lipinski definition) is 2. The Morgan fingerprint density at radius 3 is 2.67 bits per heavy atom. The first-order chi connectivity index (χ1) is 6.98. The Labute approximate surface area is 91.9 Å². The first-order valence-corrected chi connectivity index (χ1v) is 5.42. The van der Waals surface area contributed by atoms with Crippen LogP contribution >= 0.6 is 0 Å². The van der Waals surface area contributed by atoms with Crippen LogP contribution in [-0.4, -0.2) is 18.7 Å². The van der Waals surface area contributed by atoms with Crippen LogP contribution < -0.4 is 4.74 Å². The molecule has 0 N–H and O–H groups in total. The van der Waals surface area contributed by atoms with E-state index in [0.717, 1.165) is 12.3 Å². The summed E-state index contributed by atoms with van der Waals surface area (Å²) in [6, 6.07) is 6.45. The fraction of sp³-hybridized carbons (Fsp3) is 0.538. The predicted octanol–water partition coefficient (Wildman–Crippen LogP) is 2.77. The molecule has 0 atom stereocenters. The number of rotatable bonds is 0. The zero-order chi connectivity index (χ0) is 11.1. The smallest absolute Gasteiger partial charge is 0.142 e. The van der Waals surface area contributed by atoms with Crippen molar-refractivity contribution in [2.75, 3.05) is 13.8 Å². The SMILES string of the molecule is CN1COc2c(cccc2C(C)(C)C)C1. The van der Waals surface area contributed by atoms with Gasteiger partial charge < -0.3 is 4.74 Å². The second-order valence-corrected chi connectivity index (χ2v) is 5.33. The highest BCUT2D eigenvalue weighted by Gasteiger charge is 2.24. The third-order valence-corrected chi connectivity index (χ3v) is 2.77. The third-order valence-electron chi connectivity index (χ3n) is 2.77. The van der Waals surface area contributed by atoms with Gasteiger partial charge in [-0.3, -0.25) is 4.90 Å². The summed E-state index contributed by atoms with van der Waals surface area (Å²) in [5.41, 5.74) is 2.77. The molecule has 1 aromatic rings. The minimum absolute atomic E-state index is 0.154. The Bertz CT molecular complexity index is 365. The summed E-state index contributed by atoms with van der Waals surface area (Å²) in [4.78, 5) is 2.18. The molecule has 2 heteroatoms. The summed E-state index contributed by atoms with van der Waals surface area (Å²) in [6.07, 6.45) is 0. The van der Waals surface area contributed by atoms with Gasteiger partial charge in [0.05, 0.1) is 0 Å². The number of fused-ring (bicyclic) bond motifs is 1. The summed E-state index contributed by atoms with van der Waals surface area (Å²) < 4.78 is 5.82. The second-order valence-electron chi connectivity index (χ2n) is 5.33. The average Bonchev–Trinajstić information content (AvgIpc) is 2.15. The Hall–Kier alpha value is -1.02. The van der Waals surface area contributed by atoms with Crippen molar-refractivity contribution in [2.45, 2.75) is 32.7 Å². The fourth-order valence-electron chi connectivity index (χ4n) is 1.98. The van der Waals surface area contributed by atoms with Crippen molar-refractivity contribution in [3.05, 3.63) is 29.3 Å². The van der Waals surface area contributed by atoms with Crippen molar-refractivity contribution in [1.29, 1.82) is 0 Å². The first kappa shape index (κ1) is 10.5. The highest BCUT2D eigenvalue weighted by Crippen LogP contribution is 2.36. The van der Waals surface area contributed by atoms with Crippen LogP contribution in [0.25, 0.3) is 0 Å². The van der Waals surface area contributed by atoms with Gasteiger partial charge >= 0.3 is 0 Å². The molecule has 1 aliphatic rings. The first-order valence-electron chi connectivity index (χ1n) is 5.42. The van der Waals surface area contributed by atoms with Crippen LogP contribution in [0.4, 0.5) is 0 Å². The molecular weight excluding hydrogens is 186 g/mol. The van der Waals surface area contributed by atoms with Crippen LogP contribution in [0, 0.1) is 0 Å². The third kappa shape index (κ3) is 2.00. The van der Waals surface area contributed by atoms with Crippen LogP contribution in [0.5, 0.6) is 5.75 Å². The molecule has 0 aliphatic carbocycles. The molecule has 0 radical (unpaired) electrons. The van der Waals surface area contributed by atoms with Gasteiger partial charge in [0.15, 0.2) is 0 Å². The van der Waals surface area contributed by atoms with E-state index in [4.69, 9.17) is 4.74 Å². The highest BCUT2D eigenvalue weighted by atomic mass is 16.5. The quantitative estimate of drug-likeness (QED) is 0.645. The van der Waals surface area contributed by atoms with Crippen molar-refractivity contribution in [3.63, 3.8) is 0 Å². The van der Waals surface area contributed by atoms with E-state index >= 15 is 0 Å². The monoisotopic (exact) mass is 205 g/mol. The van der Waals surface area contributed by atoms with Gasteiger partial charge in [0, 0.05) is 12.1 Å². The molecule has 1 aromatic carbocycles. The van der Waals surface area contributed by atoms with E-state index in [1.807, 2.05) is 0 Å². The normalized spacial score (nSPS) is 17.1. The number of hydrogen-bond donors (Lipinski definition) is 0. The zero-order valence-electron chi connectivity index (χ0n) is 10.0. The molecule has 0 saturated heterocycles. The van der Waals surface area contributed by atoms with Crippen LogP contribution in [0.1, 0.15) is 31.9 Å². The molecule has 2 rings (SSSR count). The predicted molar refractivity (Wildman–Crippen MR) is 62.1 cm³/mol. The second kappa shape index (κ2) is 3.53. The maximum Gasteiger partial charge on any atom is 0.142 e. The van der Waals surface area contributed by atoms with Crippen LogP contribution in [0.2, 0.25) is 0 Å². The summed E-state index contributed by atoms with van der Waals surface area (Å²) >= 11 is 0.